The summed E-state index contributed by atoms with van der Waals surface area (Å²) in [5, 5.41) is 18.6. The maximum Gasteiger partial charge on any atom is 0.344 e. The normalized spacial score (nSPS) is 13.2. The zero-order valence-electron chi connectivity index (χ0n) is 22.7. The Morgan fingerprint density at radius 1 is 0.800 bits per heavy atom. The van der Waals surface area contributed by atoms with Gasteiger partial charge in [0.15, 0.2) is 9.30 Å². The van der Waals surface area contributed by atoms with E-state index in [9.17, 15) is 14.7 Å². The minimum absolute atomic E-state index is 0.165. The molecule has 2 atom stereocenters. The van der Waals surface area contributed by atoms with Gasteiger partial charge >= 0.3 is 11.9 Å². The average Bonchev–Trinajstić information content (AvgIpc) is 2.98. The number of carbonyl (C=O) groups excluding carboxylic acids is 1. The van der Waals surface area contributed by atoms with Crippen LogP contribution in [0, 0.1) is 10.7 Å². The first-order valence-corrected chi connectivity index (χ1v) is 19.0. The number of aliphatic carboxylic acids is 1. The van der Waals surface area contributed by atoms with Crippen LogP contribution in [0.3, 0.4) is 0 Å². The van der Waals surface area contributed by atoms with Crippen molar-refractivity contribution in [3.05, 3.63) is 101 Å². The van der Waals surface area contributed by atoms with Crippen LogP contribution in [0.5, 0.6) is 34.5 Å². The number of nitrogens with two attached hydrogens (primary N) is 1. The van der Waals surface area contributed by atoms with Crippen LogP contribution in [-0.4, -0.2) is 33.1 Å². The van der Waals surface area contributed by atoms with Crippen molar-refractivity contribution >= 4 is 148 Å². The van der Waals surface area contributed by atoms with Crippen LogP contribution in [0.2, 0.25) is 0 Å². The van der Waals surface area contributed by atoms with Crippen molar-refractivity contribution in [3.8, 4) is 34.5 Å². The predicted molar refractivity (Wildman–Crippen MR) is 221 cm³/mol. The Labute approximate surface area is 341 Å². The van der Waals surface area contributed by atoms with Crippen LogP contribution < -0.4 is 19.9 Å². The van der Waals surface area contributed by atoms with Crippen LogP contribution in [0.15, 0.2) is 78.9 Å². The number of alkyl halides is 1. The first kappa shape index (κ1) is 37.3. The molecule has 236 valence electrons. The van der Waals surface area contributed by atoms with Gasteiger partial charge in [-0.05, 0) is 175 Å². The lowest BCUT2D eigenvalue weighted by atomic mass is 10.1. The Bertz CT molecular complexity index is 1670. The number of ether oxygens (including phenoxy) is 3. The van der Waals surface area contributed by atoms with E-state index in [2.05, 4.69) is 136 Å². The van der Waals surface area contributed by atoms with Gasteiger partial charge in [0.25, 0.3) is 0 Å². The number of hydrogen-bond acceptors (Lipinski definition) is 8. The van der Waals surface area contributed by atoms with E-state index in [0.717, 1.165) is 18.3 Å². The largest absolute Gasteiger partial charge is 0.508 e. The molecule has 4 aromatic rings. The van der Waals surface area contributed by atoms with Gasteiger partial charge in [-0.25, -0.2) is 4.79 Å². The summed E-state index contributed by atoms with van der Waals surface area (Å²) in [6.07, 6.45) is 0.588. The number of rotatable bonds is 12. The SMILES string of the molecule is N[C@@H](Cc1cc(I)c(Oc2ccc(OC(=O)[C@](I)(Cc3ccc(Oc4ccc(O)cc4)cc3)N(I)I)c(I)c2)c(I)c1)C(=O)O. The second-order valence-electron chi connectivity index (χ2n) is 9.53. The Morgan fingerprint density at radius 2 is 1.36 bits per heavy atom. The van der Waals surface area contributed by atoms with E-state index in [-0.39, 0.29) is 12.2 Å². The van der Waals surface area contributed by atoms with Gasteiger partial charge in [0.1, 0.15) is 34.8 Å². The molecule has 0 aromatic heterocycles. The summed E-state index contributed by atoms with van der Waals surface area (Å²) in [5.41, 5.74) is 7.42. The molecular weight excluding hydrogens is 1260 g/mol. The third kappa shape index (κ3) is 10.3. The Balaban J connectivity index is 1.44. The van der Waals surface area contributed by atoms with Crippen molar-refractivity contribution in [2.45, 2.75) is 22.4 Å². The summed E-state index contributed by atoms with van der Waals surface area (Å²) < 4.78 is 21.0. The fourth-order valence-electron chi connectivity index (χ4n) is 3.89. The van der Waals surface area contributed by atoms with Crippen LogP contribution in [0.4, 0.5) is 0 Å². The molecule has 4 rings (SSSR count). The highest BCUT2D eigenvalue weighted by Gasteiger charge is 2.42. The van der Waals surface area contributed by atoms with Gasteiger partial charge in [0.05, 0.1) is 10.7 Å². The summed E-state index contributed by atoms with van der Waals surface area (Å²) in [7, 11) is 0. The van der Waals surface area contributed by atoms with E-state index in [4.69, 9.17) is 25.1 Å². The molecule has 0 amide bonds. The van der Waals surface area contributed by atoms with Crippen LogP contribution >= 0.6 is 136 Å². The van der Waals surface area contributed by atoms with Crippen molar-refractivity contribution in [1.29, 1.82) is 0 Å². The van der Waals surface area contributed by atoms with Crippen molar-refractivity contribution in [2.75, 3.05) is 0 Å². The number of esters is 1. The molecule has 15 heteroatoms. The number of benzene rings is 4. The minimum atomic E-state index is -1.05. The van der Waals surface area contributed by atoms with Crippen molar-refractivity contribution in [2.24, 2.45) is 5.73 Å². The molecule has 4 aromatic carbocycles. The minimum Gasteiger partial charge on any atom is -0.508 e. The summed E-state index contributed by atoms with van der Waals surface area (Å²) in [6, 6.07) is 21.9. The first-order valence-electron chi connectivity index (χ1n) is 12.8. The topological polar surface area (TPSA) is 132 Å². The monoisotopic (exact) mass is 1280 g/mol. The average molecular weight is 1280 g/mol. The highest BCUT2D eigenvalue weighted by atomic mass is 127. The lowest BCUT2D eigenvalue weighted by molar-refractivity contribution is -0.139. The maximum atomic E-state index is 13.6. The second kappa shape index (κ2) is 16.8. The number of hydrogen-bond donors (Lipinski definition) is 3. The first-order chi connectivity index (χ1) is 21.2. The third-order valence-corrected chi connectivity index (χ3v) is 13.4. The number of carboxylic acids is 1. The van der Waals surface area contributed by atoms with Crippen molar-refractivity contribution < 1.29 is 34.0 Å². The highest BCUT2D eigenvalue weighted by molar-refractivity contribution is 14.2. The maximum absolute atomic E-state index is 13.6. The molecule has 0 bridgehead atoms. The van der Waals surface area contributed by atoms with E-state index >= 15 is 0 Å². The molecule has 0 unspecified atom stereocenters. The zero-order valence-corrected chi connectivity index (χ0v) is 35.7. The number of carboxylic acid groups (broad SMARTS) is 1. The molecule has 0 saturated carbocycles. The molecule has 0 fully saturated rings. The highest BCUT2D eigenvalue weighted by Crippen LogP contribution is 2.39. The number of phenolic OH excluding ortho intramolecular Hbond substituents is 1. The van der Waals surface area contributed by atoms with Crippen LogP contribution in [-0.2, 0) is 22.4 Å². The smallest absolute Gasteiger partial charge is 0.344 e. The number of phenols is 1. The lowest BCUT2D eigenvalue weighted by Gasteiger charge is -2.29. The number of nitrogens with zero attached hydrogens (tertiary/aromatic N) is 1. The quantitative estimate of drug-likeness (QED) is 0.0318. The van der Waals surface area contributed by atoms with E-state index in [0.29, 0.717) is 38.7 Å². The van der Waals surface area contributed by atoms with Crippen LogP contribution in [0.1, 0.15) is 11.1 Å². The summed E-state index contributed by atoms with van der Waals surface area (Å²) in [4.78, 5) is 24.7. The standard InChI is InChI=1S/C30H22I6N2O7/c31-22-14-21(44-27-23(32)11-17(12-24(27)33)13-25(37)28(40)41)9-10-26(22)45-29(42)30(34,38(35)36)15-16-1-5-19(6-2-16)43-20-7-3-18(39)4-8-20/h1-12,14,25,39H,13,15,37H2,(H,40,41)/t25-,30-/m0/s1. The van der Waals surface area contributed by atoms with Gasteiger partial charge in [-0.15, -0.1) is 0 Å². The molecule has 0 radical (unpaired) electrons. The fraction of sp³-hybridized carbons (Fsp3) is 0.133. The van der Waals surface area contributed by atoms with Gasteiger partial charge in [-0.2, -0.15) is 1.33 Å². The van der Waals surface area contributed by atoms with Crippen LogP contribution in [0.25, 0.3) is 0 Å². The third-order valence-electron chi connectivity index (χ3n) is 6.17. The van der Waals surface area contributed by atoms with Gasteiger partial charge in [0.2, 0.25) is 0 Å². The molecule has 0 aliphatic heterocycles. The fourth-order valence-corrected chi connectivity index (χ4v) is 7.89. The second-order valence-corrected chi connectivity index (χ2v) is 18.6. The molecule has 45 heavy (non-hydrogen) atoms. The number of carbonyl (C=O) groups is 2. The van der Waals surface area contributed by atoms with E-state index in [1.807, 2.05) is 36.4 Å². The lowest BCUT2D eigenvalue weighted by Crippen LogP contribution is -2.44. The molecule has 0 aliphatic carbocycles. The van der Waals surface area contributed by atoms with Gasteiger partial charge in [-0.1, -0.05) is 12.1 Å². The molecule has 0 aliphatic rings. The molecule has 9 nitrogen and oxygen atoms in total. The Hall–Kier alpha value is -0.480. The summed E-state index contributed by atoms with van der Waals surface area (Å²) in [5.74, 6) is 1.53. The predicted octanol–water partition coefficient (Wildman–Crippen LogP) is 9.03. The summed E-state index contributed by atoms with van der Waals surface area (Å²) in [6.45, 7) is 0. The molecule has 4 N–H and O–H groups in total. The Kier molecular flexibility index (Phi) is 13.9. The number of aromatic hydroxyl groups is 1. The van der Waals surface area contributed by atoms with E-state index in [1.54, 1.807) is 43.8 Å². The van der Waals surface area contributed by atoms with Gasteiger partial charge < -0.3 is 30.2 Å². The van der Waals surface area contributed by atoms with E-state index in [1.165, 1.54) is 0 Å². The number of halogens is 6. The molecule has 0 saturated heterocycles. The van der Waals surface area contributed by atoms with E-state index < -0.39 is 21.5 Å². The van der Waals surface area contributed by atoms with Crippen molar-refractivity contribution in [1.82, 2.24) is 1.33 Å². The Morgan fingerprint density at radius 3 is 1.89 bits per heavy atom. The summed E-state index contributed by atoms with van der Waals surface area (Å²) >= 11 is 12.7. The molecule has 0 spiro atoms. The molecule has 0 heterocycles. The molecular formula is C30H22I6N2O7. The van der Waals surface area contributed by atoms with Gasteiger partial charge in [-0.3, -0.25) is 4.79 Å². The van der Waals surface area contributed by atoms with Gasteiger partial charge in [0, 0.05) is 52.1 Å². The zero-order chi connectivity index (χ0) is 32.9. The van der Waals surface area contributed by atoms with Crippen molar-refractivity contribution in [3.63, 3.8) is 0 Å².